The SMILES string of the molecule is Cc1cc(Nc2nc(N[C@@H]3C[C@H]4CC[C@@H](C3)N4CCC#N)nc3[nH]ncc23)n[nH]1. The maximum absolute atomic E-state index is 8.91. The highest BCUT2D eigenvalue weighted by molar-refractivity contribution is 5.88. The van der Waals surface area contributed by atoms with E-state index in [-0.39, 0.29) is 0 Å². The van der Waals surface area contributed by atoms with E-state index in [0.29, 0.717) is 47.8 Å². The molecule has 0 unspecified atom stereocenters. The van der Waals surface area contributed by atoms with E-state index in [9.17, 15) is 0 Å². The maximum atomic E-state index is 8.91. The van der Waals surface area contributed by atoms with Gasteiger partial charge in [-0.2, -0.15) is 25.4 Å². The summed E-state index contributed by atoms with van der Waals surface area (Å²) in [6.45, 7) is 2.84. The summed E-state index contributed by atoms with van der Waals surface area (Å²) in [6.07, 6.45) is 6.84. The first-order valence-corrected chi connectivity index (χ1v) is 10.1. The summed E-state index contributed by atoms with van der Waals surface area (Å²) in [5.41, 5.74) is 1.66. The number of rotatable bonds is 6. The molecule has 2 aliphatic rings. The Morgan fingerprint density at radius 2 is 2.07 bits per heavy atom. The van der Waals surface area contributed by atoms with Crippen molar-refractivity contribution in [1.82, 2.24) is 35.3 Å². The third-order valence-electron chi connectivity index (χ3n) is 5.96. The Kier molecular flexibility index (Phi) is 4.52. The highest BCUT2D eigenvalue weighted by atomic mass is 15.3. The van der Waals surface area contributed by atoms with Crippen molar-refractivity contribution in [3.63, 3.8) is 0 Å². The Hall–Kier alpha value is -3.19. The second-order valence-electron chi connectivity index (χ2n) is 7.93. The highest BCUT2D eigenvalue weighted by Gasteiger charge is 2.40. The average molecular weight is 392 g/mol. The topological polar surface area (TPSA) is 134 Å². The van der Waals surface area contributed by atoms with Gasteiger partial charge in [0.15, 0.2) is 11.5 Å². The van der Waals surface area contributed by atoms with Gasteiger partial charge in [0, 0.05) is 42.9 Å². The number of nitrogens with one attached hydrogen (secondary N) is 4. The largest absolute Gasteiger partial charge is 0.351 e. The molecule has 10 heteroatoms. The molecule has 10 nitrogen and oxygen atoms in total. The van der Waals surface area contributed by atoms with Crippen molar-refractivity contribution in [1.29, 1.82) is 5.26 Å². The number of hydrogen-bond donors (Lipinski definition) is 4. The van der Waals surface area contributed by atoms with E-state index in [1.54, 1.807) is 6.20 Å². The van der Waals surface area contributed by atoms with Crippen LogP contribution in [0.15, 0.2) is 12.3 Å². The molecular formula is C19H24N10. The fourth-order valence-corrected chi connectivity index (χ4v) is 4.72. The number of anilines is 3. The number of piperidine rings is 1. The predicted octanol–water partition coefficient (Wildman–Crippen LogP) is 2.45. The molecule has 4 N–H and O–H groups in total. The zero-order valence-electron chi connectivity index (χ0n) is 16.3. The second kappa shape index (κ2) is 7.33. The van der Waals surface area contributed by atoms with Gasteiger partial charge in [-0.15, -0.1) is 0 Å². The molecule has 5 rings (SSSR count). The third kappa shape index (κ3) is 3.49. The van der Waals surface area contributed by atoms with Crippen LogP contribution in [-0.4, -0.2) is 59.9 Å². The lowest BCUT2D eigenvalue weighted by Crippen LogP contribution is -2.47. The molecule has 29 heavy (non-hydrogen) atoms. The lowest BCUT2D eigenvalue weighted by Gasteiger charge is -2.38. The van der Waals surface area contributed by atoms with Crippen LogP contribution in [0.4, 0.5) is 17.6 Å². The van der Waals surface area contributed by atoms with Crippen molar-refractivity contribution in [3.8, 4) is 6.07 Å². The molecule has 2 bridgehead atoms. The number of aromatic nitrogens is 6. The molecule has 0 radical (unpaired) electrons. The van der Waals surface area contributed by atoms with Crippen molar-refractivity contribution < 1.29 is 0 Å². The second-order valence-corrected chi connectivity index (χ2v) is 7.93. The van der Waals surface area contributed by atoms with Crippen molar-refractivity contribution in [2.45, 2.75) is 57.2 Å². The van der Waals surface area contributed by atoms with Crippen LogP contribution in [-0.2, 0) is 0 Å². The Bertz CT molecular complexity index is 1030. The Balaban J connectivity index is 1.34. The minimum Gasteiger partial charge on any atom is -0.351 e. The zero-order valence-corrected chi connectivity index (χ0v) is 16.3. The Morgan fingerprint density at radius 3 is 2.79 bits per heavy atom. The third-order valence-corrected chi connectivity index (χ3v) is 5.96. The van der Waals surface area contributed by atoms with Gasteiger partial charge >= 0.3 is 0 Å². The number of H-pyrrole nitrogens is 2. The highest BCUT2D eigenvalue weighted by Crippen LogP contribution is 2.36. The minimum absolute atomic E-state index is 0.326. The van der Waals surface area contributed by atoms with Gasteiger partial charge in [-0.05, 0) is 32.6 Å². The zero-order chi connectivity index (χ0) is 19.8. The van der Waals surface area contributed by atoms with Gasteiger partial charge in [0.05, 0.1) is 17.7 Å². The summed E-state index contributed by atoms with van der Waals surface area (Å²) in [5, 5.41) is 30.7. The molecule has 3 aromatic rings. The smallest absolute Gasteiger partial charge is 0.226 e. The lowest BCUT2D eigenvalue weighted by molar-refractivity contribution is 0.135. The van der Waals surface area contributed by atoms with Crippen LogP contribution >= 0.6 is 0 Å². The minimum atomic E-state index is 0.326. The van der Waals surface area contributed by atoms with Gasteiger partial charge < -0.3 is 10.6 Å². The summed E-state index contributed by atoms with van der Waals surface area (Å²) < 4.78 is 0. The van der Waals surface area contributed by atoms with E-state index >= 15 is 0 Å². The summed E-state index contributed by atoms with van der Waals surface area (Å²) >= 11 is 0. The van der Waals surface area contributed by atoms with Crippen molar-refractivity contribution in [2.75, 3.05) is 17.2 Å². The molecule has 150 valence electrons. The molecule has 0 saturated carbocycles. The molecule has 0 aliphatic carbocycles. The first-order valence-electron chi connectivity index (χ1n) is 10.1. The number of aryl methyl sites for hydroxylation is 1. The van der Waals surface area contributed by atoms with E-state index in [2.05, 4.69) is 47.0 Å². The summed E-state index contributed by atoms with van der Waals surface area (Å²) in [5.74, 6) is 1.97. The molecule has 3 atom stereocenters. The fourth-order valence-electron chi connectivity index (χ4n) is 4.72. The standard InChI is InChI=1S/C19H24N10/c1-11-7-16(27-26-11)23-17-15-10-21-28-18(15)25-19(24-17)22-12-8-13-3-4-14(9-12)29(13)6-2-5-20/h7,10,12-14H,2-4,6,8-9H2,1H3,(H4,21,22,23,24,25,26,27,28)/t12-,13-,14+. The van der Waals surface area contributed by atoms with Gasteiger partial charge in [-0.3, -0.25) is 15.1 Å². The molecule has 5 heterocycles. The van der Waals surface area contributed by atoms with E-state index in [4.69, 9.17) is 10.2 Å². The first-order chi connectivity index (χ1) is 14.2. The normalized spacial score (nSPS) is 23.9. The average Bonchev–Trinajstić information content (AvgIpc) is 3.39. The molecular weight excluding hydrogens is 368 g/mol. The van der Waals surface area contributed by atoms with E-state index in [0.717, 1.165) is 30.5 Å². The van der Waals surface area contributed by atoms with Gasteiger partial charge in [0.25, 0.3) is 0 Å². The van der Waals surface area contributed by atoms with E-state index < -0.39 is 0 Å². The number of hydrogen-bond acceptors (Lipinski definition) is 8. The van der Waals surface area contributed by atoms with Crippen molar-refractivity contribution in [2.24, 2.45) is 0 Å². The summed E-state index contributed by atoms with van der Waals surface area (Å²) in [4.78, 5) is 11.8. The summed E-state index contributed by atoms with van der Waals surface area (Å²) in [7, 11) is 0. The maximum Gasteiger partial charge on any atom is 0.226 e. The molecule has 2 saturated heterocycles. The fraction of sp³-hybridized carbons (Fsp3) is 0.526. The number of nitriles is 1. The Labute approximate surface area is 168 Å². The lowest BCUT2D eigenvalue weighted by atomic mass is 9.97. The summed E-state index contributed by atoms with van der Waals surface area (Å²) in [6, 6.07) is 5.61. The van der Waals surface area contributed by atoms with Crippen LogP contribution in [0, 0.1) is 18.3 Å². The van der Waals surface area contributed by atoms with E-state index in [1.165, 1.54) is 12.8 Å². The molecule has 2 aliphatic heterocycles. The van der Waals surface area contributed by atoms with Crippen LogP contribution in [0.5, 0.6) is 0 Å². The quantitative estimate of drug-likeness (QED) is 0.502. The predicted molar refractivity (Wildman–Crippen MR) is 109 cm³/mol. The first kappa shape index (κ1) is 17.9. The molecule has 3 aromatic heterocycles. The van der Waals surface area contributed by atoms with E-state index in [1.807, 2.05) is 13.0 Å². The monoisotopic (exact) mass is 392 g/mol. The van der Waals surface area contributed by atoms with Crippen LogP contribution < -0.4 is 10.6 Å². The van der Waals surface area contributed by atoms with Crippen LogP contribution in [0.25, 0.3) is 11.0 Å². The van der Waals surface area contributed by atoms with Crippen LogP contribution in [0.2, 0.25) is 0 Å². The molecule has 2 fully saturated rings. The van der Waals surface area contributed by atoms with Crippen molar-refractivity contribution >= 4 is 28.6 Å². The number of nitrogens with zero attached hydrogens (tertiary/aromatic N) is 6. The van der Waals surface area contributed by atoms with Crippen LogP contribution in [0.3, 0.4) is 0 Å². The van der Waals surface area contributed by atoms with Crippen molar-refractivity contribution in [3.05, 3.63) is 18.0 Å². The number of fused-ring (bicyclic) bond motifs is 3. The van der Waals surface area contributed by atoms with Crippen LogP contribution in [0.1, 0.15) is 37.8 Å². The van der Waals surface area contributed by atoms with Gasteiger partial charge in [0.1, 0.15) is 5.82 Å². The van der Waals surface area contributed by atoms with Gasteiger partial charge in [0.2, 0.25) is 5.95 Å². The molecule has 0 amide bonds. The van der Waals surface area contributed by atoms with Gasteiger partial charge in [-0.1, -0.05) is 0 Å². The Morgan fingerprint density at radius 1 is 1.24 bits per heavy atom. The van der Waals surface area contributed by atoms with Gasteiger partial charge in [-0.25, -0.2) is 0 Å². The molecule has 0 spiro atoms. The number of aromatic amines is 2. The molecule has 0 aromatic carbocycles.